The normalized spacial score (nSPS) is 10.9. The Morgan fingerprint density at radius 1 is 1.33 bits per heavy atom. The van der Waals surface area contributed by atoms with Crippen LogP contribution in [0.5, 0.6) is 0 Å². The minimum absolute atomic E-state index is 0.147. The van der Waals surface area contributed by atoms with Gasteiger partial charge < -0.3 is 14.6 Å². The van der Waals surface area contributed by atoms with Crippen molar-refractivity contribution in [3.63, 3.8) is 0 Å². The lowest BCUT2D eigenvalue weighted by molar-refractivity contribution is -0.115. The summed E-state index contributed by atoms with van der Waals surface area (Å²) in [7, 11) is 1.32. The number of thiazole rings is 1. The Morgan fingerprint density at radius 3 is 2.58 bits per heavy atom. The first-order valence-electron chi connectivity index (χ1n) is 7.61. The Bertz CT molecular complexity index is 729. The van der Waals surface area contributed by atoms with E-state index in [0.29, 0.717) is 28.9 Å². The SMILES string of the molecule is COC(=O)c1nc(NC(=O)Cc2c(C)noc2C)sc1CC(C)C. The van der Waals surface area contributed by atoms with E-state index >= 15 is 0 Å². The summed E-state index contributed by atoms with van der Waals surface area (Å²) < 4.78 is 9.82. The highest BCUT2D eigenvalue weighted by Gasteiger charge is 2.21. The molecule has 2 rings (SSSR count). The van der Waals surface area contributed by atoms with E-state index in [4.69, 9.17) is 9.26 Å². The van der Waals surface area contributed by atoms with Crippen molar-refractivity contribution in [2.75, 3.05) is 12.4 Å². The molecule has 0 spiro atoms. The van der Waals surface area contributed by atoms with Crippen molar-refractivity contribution in [1.82, 2.24) is 10.1 Å². The Labute approximate surface area is 144 Å². The van der Waals surface area contributed by atoms with Crippen molar-refractivity contribution < 1.29 is 18.8 Å². The molecule has 130 valence electrons. The number of methoxy groups -OCH3 is 1. The topological polar surface area (TPSA) is 94.3 Å². The van der Waals surface area contributed by atoms with Crippen LogP contribution in [0.3, 0.4) is 0 Å². The third-order valence-corrected chi connectivity index (χ3v) is 4.43. The fraction of sp³-hybridized carbons (Fsp3) is 0.500. The maximum atomic E-state index is 12.2. The molecule has 24 heavy (non-hydrogen) atoms. The van der Waals surface area contributed by atoms with Gasteiger partial charge in [-0.1, -0.05) is 19.0 Å². The van der Waals surface area contributed by atoms with E-state index in [0.717, 1.165) is 10.4 Å². The summed E-state index contributed by atoms with van der Waals surface area (Å²) in [6, 6.07) is 0. The van der Waals surface area contributed by atoms with E-state index in [1.165, 1.54) is 18.4 Å². The van der Waals surface area contributed by atoms with Gasteiger partial charge in [-0.15, -0.1) is 11.3 Å². The first-order chi connectivity index (χ1) is 11.3. The van der Waals surface area contributed by atoms with Gasteiger partial charge in [0, 0.05) is 10.4 Å². The summed E-state index contributed by atoms with van der Waals surface area (Å²) >= 11 is 1.30. The number of rotatable bonds is 6. The molecule has 0 saturated heterocycles. The fourth-order valence-corrected chi connectivity index (χ4v) is 3.43. The van der Waals surface area contributed by atoms with E-state index in [1.807, 2.05) is 0 Å². The minimum Gasteiger partial charge on any atom is -0.464 e. The van der Waals surface area contributed by atoms with Crippen molar-refractivity contribution in [3.8, 4) is 0 Å². The molecule has 7 nitrogen and oxygen atoms in total. The maximum Gasteiger partial charge on any atom is 0.357 e. The smallest absolute Gasteiger partial charge is 0.357 e. The van der Waals surface area contributed by atoms with Crippen LogP contribution in [0.1, 0.15) is 46.2 Å². The van der Waals surface area contributed by atoms with Crippen molar-refractivity contribution in [2.24, 2.45) is 5.92 Å². The zero-order valence-corrected chi connectivity index (χ0v) is 15.2. The minimum atomic E-state index is -0.492. The van der Waals surface area contributed by atoms with E-state index in [1.54, 1.807) is 13.8 Å². The first-order valence-corrected chi connectivity index (χ1v) is 8.43. The van der Waals surface area contributed by atoms with Gasteiger partial charge in [0.1, 0.15) is 5.76 Å². The molecule has 0 atom stereocenters. The van der Waals surface area contributed by atoms with Crippen LogP contribution < -0.4 is 5.32 Å². The van der Waals surface area contributed by atoms with E-state index in [2.05, 4.69) is 29.3 Å². The van der Waals surface area contributed by atoms with Crippen molar-refractivity contribution in [2.45, 2.75) is 40.5 Å². The molecule has 1 N–H and O–H groups in total. The highest BCUT2D eigenvalue weighted by Crippen LogP contribution is 2.26. The highest BCUT2D eigenvalue weighted by molar-refractivity contribution is 7.16. The molecular weight excluding hydrogens is 330 g/mol. The summed E-state index contributed by atoms with van der Waals surface area (Å²) in [4.78, 5) is 29.1. The van der Waals surface area contributed by atoms with Crippen LogP contribution in [-0.4, -0.2) is 29.1 Å². The second-order valence-corrected chi connectivity index (χ2v) is 6.99. The summed E-state index contributed by atoms with van der Waals surface area (Å²) in [5.74, 6) is 0.260. The fourth-order valence-electron chi connectivity index (χ4n) is 2.25. The summed E-state index contributed by atoms with van der Waals surface area (Å²) in [5.41, 5.74) is 1.72. The second-order valence-electron chi connectivity index (χ2n) is 5.91. The highest BCUT2D eigenvalue weighted by atomic mass is 32.1. The van der Waals surface area contributed by atoms with Gasteiger partial charge in [0.05, 0.1) is 19.2 Å². The zero-order valence-electron chi connectivity index (χ0n) is 14.4. The Morgan fingerprint density at radius 2 is 2.04 bits per heavy atom. The van der Waals surface area contributed by atoms with E-state index < -0.39 is 5.97 Å². The number of carbonyl (C=O) groups is 2. The molecule has 0 fully saturated rings. The number of aryl methyl sites for hydroxylation is 2. The molecule has 2 aromatic heterocycles. The molecular formula is C16H21N3O4S. The van der Waals surface area contributed by atoms with Crippen LogP contribution in [0.15, 0.2) is 4.52 Å². The number of hydrogen-bond acceptors (Lipinski definition) is 7. The largest absolute Gasteiger partial charge is 0.464 e. The molecule has 0 aliphatic heterocycles. The van der Waals surface area contributed by atoms with Gasteiger partial charge in [-0.2, -0.15) is 0 Å². The number of carbonyl (C=O) groups excluding carboxylic acids is 2. The predicted octanol–water partition coefficient (Wildman–Crippen LogP) is 2.91. The number of ether oxygens (including phenoxy) is 1. The van der Waals surface area contributed by atoms with Gasteiger partial charge in [-0.3, -0.25) is 4.79 Å². The number of aromatic nitrogens is 2. The number of esters is 1. The number of nitrogens with one attached hydrogen (secondary N) is 1. The van der Waals surface area contributed by atoms with E-state index in [-0.39, 0.29) is 18.0 Å². The molecule has 0 bridgehead atoms. The van der Waals surface area contributed by atoms with Gasteiger partial charge >= 0.3 is 5.97 Å². The number of nitrogens with zero attached hydrogens (tertiary/aromatic N) is 2. The second kappa shape index (κ2) is 7.57. The Kier molecular flexibility index (Phi) is 5.71. The number of amides is 1. The van der Waals surface area contributed by atoms with Crippen LogP contribution in [0.25, 0.3) is 0 Å². The predicted molar refractivity (Wildman–Crippen MR) is 90.3 cm³/mol. The molecule has 2 aromatic rings. The van der Waals surface area contributed by atoms with Gasteiger partial charge in [0.2, 0.25) is 5.91 Å². The van der Waals surface area contributed by atoms with Gasteiger partial charge in [-0.25, -0.2) is 9.78 Å². The monoisotopic (exact) mass is 351 g/mol. The lowest BCUT2D eigenvalue weighted by atomic mass is 10.1. The Hall–Kier alpha value is -2.22. The third kappa shape index (κ3) is 4.19. The molecule has 0 aliphatic carbocycles. The third-order valence-electron chi connectivity index (χ3n) is 3.43. The standard InChI is InChI=1S/C16H21N3O4S/c1-8(2)6-12-14(15(21)22-5)18-16(24-12)17-13(20)7-11-9(3)19-23-10(11)4/h8H,6-7H2,1-5H3,(H,17,18,20). The maximum absolute atomic E-state index is 12.2. The van der Waals surface area contributed by atoms with Crippen molar-refractivity contribution >= 4 is 28.3 Å². The summed E-state index contributed by atoms with van der Waals surface area (Å²) in [5, 5.41) is 6.96. The van der Waals surface area contributed by atoms with Gasteiger partial charge in [0.25, 0.3) is 0 Å². The molecule has 8 heteroatoms. The molecule has 0 unspecified atom stereocenters. The molecule has 0 saturated carbocycles. The van der Waals surface area contributed by atoms with Crippen LogP contribution in [-0.2, 0) is 22.4 Å². The zero-order chi connectivity index (χ0) is 17.9. The molecule has 2 heterocycles. The molecule has 0 aromatic carbocycles. The number of hydrogen-bond donors (Lipinski definition) is 1. The van der Waals surface area contributed by atoms with Gasteiger partial charge in [0.15, 0.2) is 10.8 Å². The molecule has 0 radical (unpaired) electrons. The lowest BCUT2D eigenvalue weighted by Gasteiger charge is -2.02. The van der Waals surface area contributed by atoms with Gasteiger partial charge in [-0.05, 0) is 26.2 Å². The van der Waals surface area contributed by atoms with Crippen molar-refractivity contribution in [3.05, 3.63) is 27.6 Å². The van der Waals surface area contributed by atoms with Crippen LogP contribution in [0.4, 0.5) is 5.13 Å². The van der Waals surface area contributed by atoms with Crippen molar-refractivity contribution in [1.29, 1.82) is 0 Å². The summed E-state index contributed by atoms with van der Waals surface area (Å²) in [6.07, 6.45) is 0.843. The average molecular weight is 351 g/mol. The lowest BCUT2D eigenvalue weighted by Crippen LogP contribution is -2.15. The average Bonchev–Trinajstić information content (AvgIpc) is 3.03. The van der Waals surface area contributed by atoms with Crippen LogP contribution in [0.2, 0.25) is 0 Å². The number of anilines is 1. The van der Waals surface area contributed by atoms with Crippen LogP contribution >= 0.6 is 11.3 Å². The van der Waals surface area contributed by atoms with Crippen LogP contribution in [0, 0.1) is 19.8 Å². The Balaban J connectivity index is 2.15. The first kappa shape index (κ1) is 18.1. The molecule has 0 aliphatic rings. The van der Waals surface area contributed by atoms with E-state index in [9.17, 15) is 9.59 Å². The molecule has 1 amide bonds. The summed E-state index contributed by atoms with van der Waals surface area (Å²) in [6.45, 7) is 7.66. The quantitative estimate of drug-likeness (QED) is 0.804.